The highest BCUT2D eigenvalue weighted by Crippen LogP contribution is 2.31. The van der Waals surface area contributed by atoms with E-state index in [2.05, 4.69) is 5.32 Å². The molecule has 3 rings (SSSR count). The van der Waals surface area contributed by atoms with E-state index in [0.29, 0.717) is 5.56 Å². The number of nitrogens with zero attached hydrogens (tertiary/aromatic N) is 2. The van der Waals surface area contributed by atoms with E-state index in [0.717, 1.165) is 9.87 Å². The monoisotopic (exact) mass is 593 g/mol. The van der Waals surface area contributed by atoms with Gasteiger partial charge in [-0.1, -0.05) is 53.0 Å². The van der Waals surface area contributed by atoms with Crippen molar-refractivity contribution in [3.63, 3.8) is 0 Å². The number of carbonyl (C=O) groups excluding carboxylic acids is 2. The van der Waals surface area contributed by atoms with Crippen molar-refractivity contribution >= 4 is 50.7 Å². The van der Waals surface area contributed by atoms with Crippen LogP contribution in [0, 0.1) is 12.7 Å². The number of amides is 2. The van der Waals surface area contributed by atoms with Crippen LogP contribution in [0.25, 0.3) is 0 Å². The maximum absolute atomic E-state index is 13.8. The first-order chi connectivity index (χ1) is 18.3. The quantitative estimate of drug-likeness (QED) is 0.332. The molecule has 0 aromatic heterocycles. The second kappa shape index (κ2) is 12.8. The summed E-state index contributed by atoms with van der Waals surface area (Å²) in [4.78, 5) is 28.0. The Labute approximate surface area is 238 Å². The first-order valence-corrected chi connectivity index (χ1v) is 14.4. The SMILES string of the molecule is Cc1ccc(S(=O)(=O)N(CC(=O)N(Cc2ccc(F)cc2)[C@H](C)C(=O)NC(C)C)c2ccc(Cl)c(Cl)c2)cc1. The third kappa shape index (κ3) is 7.71. The summed E-state index contributed by atoms with van der Waals surface area (Å²) in [6, 6.07) is 14.8. The highest BCUT2D eigenvalue weighted by atomic mass is 35.5. The summed E-state index contributed by atoms with van der Waals surface area (Å²) in [5, 5.41) is 3.10. The molecule has 3 aromatic rings. The number of nitrogens with one attached hydrogen (secondary N) is 1. The molecule has 7 nitrogen and oxygen atoms in total. The van der Waals surface area contributed by atoms with E-state index < -0.39 is 40.2 Å². The van der Waals surface area contributed by atoms with Gasteiger partial charge in [-0.3, -0.25) is 13.9 Å². The predicted molar refractivity (Wildman–Crippen MR) is 152 cm³/mol. The highest BCUT2D eigenvalue weighted by molar-refractivity contribution is 7.92. The number of rotatable bonds is 10. The van der Waals surface area contributed by atoms with Gasteiger partial charge >= 0.3 is 0 Å². The van der Waals surface area contributed by atoms with Gasteiger partial charge in [0.05, 0.1) is 20.6 Å². The fraction of sp³-hybridized carbons (Fsp3) is 0.286. The van der Waals surface area contributed by atoms with Gasteiger partial charge in [0.1, 0.15) is 18.4 Å². The second-order valence-corrected chi connectivity index (χ2v) is 12.1. The molecule has 208 valence electrons. The number of halogens is 3. The molecule has 0 radical (unpaired) electrons. The van der Waals surface area contributed by atoms with Crippen molar-refractivity contribution in [1.82, 2.24) is 10.2 Å². The number of benzene rings is 3. The number of carbonyl (C=O) groups is 2. The van der Waals surface area contributed by atoms with Gasteiger partial charge in [0.2, 0.25) is 11.8 Å². The number of sulfonamides is 1. The van der Waals surface area contributed by atoms with Crippen molar-refractivity contribution in [1.29, 1.82) is 0 Å². The lowest BCUT2D eigenvalue weighted by Crippen LogP contribution is -2.52. The van der Waals surface area contributed by atoms with Gasteiger partial charge < -0.3 is 10.2 Å². The van der Waals surface area contributed by atoms with Crippen LogP contribution in [-0.2, 0) is 26.2 Å². The molecule has 3 aromatic carbocycles. The molecule has 0 heterocycles. The molecule has 11 heteroatoms. The Morgan fingerprint density at radius 3 is 2.10 bits per heavy atom. The molecular weight excluding hydrogens is 564 g/mol. The van der Waals surface area contributed by atoms with Crippen LogP contribution in [0.15, 0.2) is 71.6 Å². The van der Waals surface area contributed by atoms with Gasteiger partial charge in [-0.05, 0) is 75.7 Å². The standard InChI is InChI=1S/C28H30Cl2FN3O4S/c1-18(2)32-28(36)20(4)33(16-21-7-9-22(31)10-8-21)27(35)17-34(23-11-14-25(29)26(30)15-23)39(37,38)24-12-5-19(3)6-13-24/h5-15,18,20H,16-17H2,1-4H3,(H,32,36)/t20-/m1/s1. The summed E-state index contributed by atoms with van der Waals surface area (Å²) in [6.07, 6.45) is 0. The smallest absolute Gasteiger partial charge is 0.264 e. The zero-order valence-corrected chi connectivity index (χ0v) is 24.3. The number of hydrogen-bond donors (Lipinski definition) is 1. The van der Waals surface area contributed by atoms with Crippen LogP contribution in [0.5, 0.6) is 0 Å². The molecule has 0 saturated heterocycles. The van der Waals surface area contributed by atoms with E-state index in [9.17, 15) is 22.4 Å². The third-order valence-electron chi connectivity index (χ3n) is 5.94. The summed E-state index contributed by atoms with van der Waals surface area (Å²) in [7, 11) is -4.24. The Morgan fingerprint density at radius 1 is 0.923 bits per heavy atom. The van der Waals surface area contributed by atoms with E-state index in [-0.39, 0.29) is 33.2 Å². The van der Waals surface area contributed by atoms with Crippen molar-refractivity contribution in [3.8, 4) is 0 Å². The van der Waals surface area contributed by atoms with Crippen molar-refractivity contribution in [3.05, 3.63) is 93.7 Å². The van der Waals surface area contributed by atoms with Gasteiger partial charge in [0, 0.05) is 12.6 Å². The Bertz CT molecular complexity index is 1430. The zero-order valence-electron chi connectivity index (χ0n) is 22.0. The van der Waals surface area contributed by atoms with Crippen molar-refractivity contribution in [2.24, 2.45) is 0 Å². The van der Waals surface area contributed by atoms with Crippen LogP contribution in [0.1, 0.15) is 31.9 Å². The summed E-state index contributed by atoms with van der Waals surface area (Å²) in [6.45, 7) is 6.28. The van der Waals surface area contributed by atoms with Crippen LogP contribution >= 0.6 is 23.2 Å². The minimum absolute atomic E-state index is 0.0253. The summed E-state index contributed by atoms with van der Waals surface area (Å²) >= 11 is 12.3. The molecular formula is C28H30Cl2FN3O4S. The van der Waals surface area contributed by atoms with Crippen molar-refractivity contribution in [2.45, 2.75) is 51.2 Å². The molecule has 0 aliphatic rings. The van der Waals surface area contributed by atoms with Crippen LogP contribution in [0.3, 0.4) is 0 Å². The maximum Gasteiger partial charge on any atom is 0.264 e. The predicted octanol–water partition coefficient (Wildman–Crippen LogP) is 5.58. The molecule has 0 spiro atoms. The second-order valence-electron chi connectivity index (χ2n) is 9.41. The lowest BCUT2D eigenvalue weighted by atomic mass is 10.1. The van der Waals surface area contributed by atoms with Crippen LogP contribution in [-0.4, -0.2) is 43.8 Å². The van der Waals surface area contributed by atoms with Crippen LogP contribution in [0.2, 0.25) is 10.0 Å². The number of anilines is 1. The summed E-state index contributed by atoms with van der Waals surface area (Å²) in [5.41, 5.74) is 1.55. The lowest BCUT2D eigenvalue weighted by Gasteiger charge is -2.32. The summed E-state index contributed by atoms with van der Waals surface area (Å²) in [5.74, 6) is -1.51. The van der Waals surface area contributed by atoms with E-state index >= 15 is 0 Å². The minimum atomic E-state index is -4.24. The first-order valence-electron chi connectivity index (χ1n) is 12.2. The fourth-order valence-electron chi connectivity index (χ4n) is 3.78. The Kier molecular flexibility index (Phi) is 9.98. The van der Waals surface area contributed by atoms with Gasteiger partial charge in [-0.25, -0.2) is 12.8 Å². The molecule has 0 aliphatic carbocycles. The normalized spacial score (nSPS) is 12.2. The minimum Gasteiger partial charge on any atom is -0.352 e. The van der Waals surface area contributed by atoms with E-state index in [1.807, 2.05) is 6.92 Å². The summed E-state index contributed by atoms with van der Waals surface area (Å²) < 4.78 is 42.1. The Hall–Kier alpha value is -3.14. The largest absolute Gasteiger partial charge is 0.352 e. The van der Waals surface area contributed by atoms with Gasteiger partial charge in [-0.2, -0.15) is 0 Å². The highest BCUT2D eigenvalue weighted by Gasteiger charge is 2.33. The number of aryl methyl sites for hydroxylation is 1. The van der Waals surface area contributed by atoms with Crippen molar-refractivity contribution < 1.29 is 22.4 Å². The third-order valence-corrected chi connectivity index (χ3v) is 8.47. The maximum atomic E-state index is 13.8. The molecule has 1 atom stereocenters. The molecule has 0 unspecified atom stereocenters. The van der Waals surface area contributed by atoms with Crippen molar-refractivity contribution in [2.75, 3.05) is 10.8 Å². The van der Waals surface area contributed by atoms with Gasteiger partial charge in [0.25, 0.3) is 10.0 Å². The Balaban J connectivity index is 2.05. The average Bonchev–Trinajstić information content (AvgIpc) is 2.88. The molecule has 0 bridgehead atoms. The topological polar surface area (TPSA) is 86.8 Å². The zero-order chi connectivity index (χ0) is 28.9. The average molecular weight is 595 g/mol. The molecule has 0 fully saturated rings. The van der Waals surface area contributed by atoms with E-state index in [1.54, 1.807) is 32.9 Å². The van der Waals surface area contributed by atoms with Gasteiger partial charge in [-0.15, -0.1) is 0 Å². The van der Waals surface area contributed by atoms with E-state index in [4.69, 9.17) is 23.2 Å². The molecule has 0 aliphatic heterocycles. The van der Waals surface area contributed by atoms with Crippen LogP contribution in [0.4, 0.5) is 10.1 Å². The number of hydrogen-bond acceptors (Lipinski definition) is 4. The fourth-order valence-corrected chi connectivity index (χ4v) is 5.48. The van der Waals surface area contributed by atoms with Crippen LogP contribution < -0.4 is 9.62 Å². The molecule has 39 heavy (non-hydrogen) atoms. The van der Waals surface area contributed by atoms with Gasteiger partial charge in [0.15, 0.2) is 0 Å². The lowest BCUT2D eigenvalue weighted by molar-refractivity contribution is -0.139. The molecule has 2 amide bonds. The first kappa shape index (κ1) is 30.4. The molecule has 0 saturated carbocycles. The molecule has 1 N–H and O–H groups in total. The van der Waals surface area contributed by atoms with E-state index in [1.165, 1.54) is 59.5 Å². The Morgan fingerprint density at radius 2 is 1.54 bits per heavy atom.